The van der Waals surface area contributed by atoms with Gasteiger partial charge in [-0.3, -0.25) is 9.69 Å². The highest BCUT2D eigenvalue weighted by Crippen LogP contribution is 2.23. The summed E-state index contributed by atoms with van der Waals surface area (Å²) in [6.07, 6.45) is 1.57. The van der Waals surface area contributed by atoms with Crippen molar-refractivity contribution in [1.29, 1.82) is 0 Å². The van der Waals surface area contributed by atoms with Gasteiger partial charge in [-0.2, -0.15) is 4.98 Å². The van der Waals surface area contributed by atoms with Crippen LogP contribution in [0.2, 0.25) is 0 Å². The molecule has 0 aromatic carbocycles. The molecule has 1 aromatic heterocycles. The molecule has 1 amide bonds. The van der Waals surface area contributed by atoms with Gasteiger partial charge >= 0.3 is 12.0 Å². The minimum Gasteiger partial charge on any atom is -0.461 e. The van der Waals surface area contributed by atoms with Gasteiger partial charge < -0.3 is 14.9 Å². The van der Waals surface area contributed by atoms with Crippen molar-refractivity contribution in [3.05, 3.63) is 12.0 Å². The smallest absolute Gasteiger partial charge is 0.360 e. The fourth-order valence-electron chi connectivity index (χ4n) is 1.81. The average molecular weight is 253 g/mol. The molecule has 2 heterocycles. The summed E-state index contributed by atoms with van der Waals surface area (Å²) in [5.41, 5.74) is 5.59. The zero-order valence-corrected chi connectivity index (χ0v) is 10.1. The van der Waals surface area contributed by atoms with E-state index in [2.05, 4.69) is 4.98 Å². The number of hydrogen-bond donors (Lipinski definition) is 1. The van der Waals surface area contributed by atoms with Gasteiger partial charge in [-0.25, -0.2) is 4.79 Å². The zero-order valence-electron chi connectivity index (χ0n) is 10.1. The minimum atomic E-state index is -0.561. The molecule has 7 nitrogen and oxygen atoms in total. The third kappa shape index (κ3) is 2.35. The molecule has 1 aromatic rings. The van der Waals surface area contributed by atoms with Gasteiger partial charge in [0.1, 0.15) is 6.26 Å². The summed E-state index contributed by atoms with van der Waals surface area (Å²) in [6, 6.07) is 0.124. The van der Waals surface area contributed by atoms with Gasteiger partial charge in [-0.15, -0.1) is 0 Å². The van der Waals surface area contributed by atoms with E-state index in [0.29, 0.717) is 19.5 Å². The normalized spacial score (nSPS) is 19.3. The van der Waals surface area contributed by atoms with Crippen molar-refractivity contribution in [2.24, 2.45) is 11.7 Å². The molecule has 1 atom stereocenters. The molecule has 0 aliphatic carbocycles. The zero-order chi connectivity index (χ0) is 13.1. The molecule has 1 unspecified atom stereocenters. The first-order valence-corrected chi connectivity index (χ1v) is 5.78. The number of nitrogens with two attached hydrogens (primary N) is 1. The Hall–Kier alpha value is -1.89. The maximum Gasteiger partial charge on any atom is 0.360 e. The molecule has 1 saturated heterocycles. The maximum atomic E-state index is 11.7. The van der Waals surface area contributed by atoms with Crippen LogP contribution in [0.3, 0.4) is 0 Å². The first-order valence-electron chi connectivity index (χ1n) is 5.78. The van der Waals surface area contributed by atoms with Crippen LogP contribution in [0.15, 0.2) is 10.7 Å². The van der Waals surface area contributed by atoms with Gasteiger partial charge in [-0.05, 0) is 19.4 Å². The van der Waals surface area contributed by atoms with Gasteiger partial charge in [0, 0.05) is 13.0 Å². The van der Waals surface area contributed by atoms with Crippen molar-refractivity contribution in [2.75, 3.05) is 24.6 Å². The Bertz CT molecular complexity index is 457. The Morgan fingerprint density at radius 2 is 2.50 bits per heavy atom. The number of rotatable bonds is 4. The standard InChI is InChI=1S/C11H15N3O4/c1-2-17-10(16)8-6-18-11(13-8)14-5-7(4-12)3-9(14)15/h6-7H,2-5,12H2,1H3. The van der Waals surface area contributed by atoms with E-state index in [1.165, 1.54) is 11.2 Å². The van der Waals surface area contributed by atoms with Crippen LogP contribution >= 0.6 is 0 Å². The van der Waals surface area contributed by atoms with E-state index >= 15 is 0 Å². The molecule has 0 spiro atoms. The first kappa shape index (κ1) is 12.6. The molecule has 0 bridgehead atoms. The van der Waals surface area contributed by atoms with Crippen LogP contribution < -0.4 is 10.6 Å². The van der Waals surface area contributed by atoms with Gasteiger partial charge in [-0.1, -0.05) is 0 Å². The predicted octanol–water partition coefficient (Wildman–Crippen LogP) is 0.163. The van der Waals surface area contributed by atoms with Crippen molar-refractivity contribution >= 4 is 17.9 Å². The van der Waals surface area contributed by atoms with E-state index in [0.717, 1.165) is 0 Å². The Labute approximate surface area is 104 Å². The number of anilines is 1. The number of carbonyl (C=O) groups excluding carboxylic acids is 2. The molecule has 18 heavy (non-hydrogen) atoms. The van der Waals surface area contributed by atoms with E-state index in [9.17, 15) is 9.59 Å². The molecular formula is C11H15N3O4. The van der Waals surface area contributed by atoms with E-state index in [4.69, 9.17) is 14.9 Å². The fourth-order valence-corrected chi connectivity index (χ4v) is 1.81. The van der Waals surface area contributed by atoms with Crippen molar-refractivity contribution in [3.8, 4) is 0 Å². The summed E-state index contributed by atoms with van der Waals surface area (Å²) >= 11 is 0. The number of oxazole rings is 1. The van der Waals surface area contributed by atoms with E-state index < -0.39 is 5.97 Å². The highest BCUT2D eigenvalue weighted by atomic mass is 16.5. The summed E-state index contributed by atoms with van der Waals surface area (Å²) in [7, 11) is 0. The first-order chi connectivity index (χ1) is 8.65. The number of amides is 1. The van der Waals surface area contributed by atoms with Gasteiger partial charge in [0.25, 0.3) is 0 Å². The number of hydrogen-bond acceptors (Lipinski definition) is 6. The second kappa shape index (κ2) is 5.18. The average Bonchev–Trinajstić information content (AvgIpc) is 2.95. The predicted molar refractivity (Wildman–Crippen MR) is 62.0 cm³/mol. The Morgan fingerprint density at radius 1 is 1.72 bits per heavy atom. The monoisotopic (exact) mass is 253 g/mol. The van der Waals surface area contributed by atoms with Crippen LogP contribution in [-0.2, 0) is 9.53 Å². The van der Waals surface area contributed by atoms with Gasteiger partial charge in [0.2, 0.25) is 5.91 Å². The number of carbonyl (C=O) groups is 2. The lowest BCUT2D eigenvalue weighted by atomic mass is 10.1. The Kier molecular flexibility index (Phi) is 3.61. The van der Waals surface area contributed by atoms with Crippen LogP contribution in [0.5, 0.6) is 0 Å². The molecule has 98 valence electrons. The number of esters is 1. The van der Waals surface area contributed by atoms with Crippen molar-refractivity contribution < 1.29 is 18.7 Å². The van der Waals surface area contributed by atoms with E-state index in [1.54, 1.807) is 6.92 Å². The Morgan fingerprint density at radius 3 is 3.11 bits per heavy atom. The summed E-state index contributed by atoms with van der Waals surface area (Å²) < 4.78 is 9.92. The van der Waals surface area contributed by atoms with E-state index in [-0.39, 0.29) is 30.1 Å². The molecule has 1 aliphatic heterocycles. The lowest BCUT2D eigenvalue weighted by molar-refractivity contribution is -0.117. The fraction of sp³-hybridized carbons (Fsp3) is 0.545. The van der Waals surface area contributed by atoms with Crippen LogP contribution in [-0.4, -0.2) is 36.6 Å². The van der Waals surface area contributed by atoms with Crippen molar-refractivity contribution in [2.45, 2.75) is 13.3 Å². The summed E-state index contributed by atoms with van der Waals surface area (Å²) in [4.78, 5) is 28.5. The molecular weight excluding hydrogens is 238 g/mol. The molecule has 2 rings (SSSR count). The van der Waals surface area contributed by atoms with Crippen LogP contribution in [0.25, 0.3) is 0 Å². The van der Waals surface area contributed by atoms with E-state index in [1.807, 2.05) is 0 Å². The number of nitrogens with zero attached hydrogens (tertiary/aromatic N) is 2. The molecule has 7 heteroatoms. The molecule has 1 aliphatic rings. The highest BCUT2D eigenvalue weighted by Gasteiger charge is 2.33. The number of aromatic nitrogens is 1. The van der Waals surface area contributed by atoms with Gasteiger partial charge in [0.05, 0.1) is 6.61 Å². The highest BCUT2D eigenvalue weighted by molar-refractivity contribution is 5.94. The van der Waals surface area contributed by atoms with Gasteiger partial charge in [0.15, 0.2) is 5.69 Å². The summed E-state index contributed by atoms with van der Waals surface area (Å²) in [6.45, 7) is 2.87. The number of ether oxygens (including phenoxy) is 1. The second-order valence-electron chi connectivity index (χ2n) is 4.05. The van der Waals surface area contributed by atoms with Crippen LogP contribution in [0, 0.1) is 5.92 Å². The largest absolute Gasteiger partial charge is 0.461 e. The van der Waals surface area contributed by atoms with Crippen molar-refractivity contribution in [3.63, 3.8) is 0 Å². The second-order valence-corrected chi connectivity index (χ2v) is 4.05. The molecule has 0 saturated carbocycles. The quantitative estimate of drug-likeness (QED) is 0.767. The topological polar surface area (TPSA) is 98.7 Å². The van der Waals surface area contributed by atoms with Crippen LogP contribution in [0.4, 0.5) is 6.01 Å². The Balaban J connectivity index is 2.11. The SMILES string of the molecule is CCOC(=O)c1coc(N2CC(CN)CC2=O)n1. The third-order valence-electron chi connectivity index (χ3n) is 2.75. The summed E-state index contributed by atoms with van der Waals surface area (Å²) in [5.74, 6) is -0.548. The summed E-state index contributed by atoms with van der Waals surface area (Å²) in [5, 5.41) is 0. The van der Waals surface area contributed by atoms with Crippen LogP contribution in [0.1, 0.15) is 23.8 Å². The molecule has 0 radical (unpaired) electrons. The lowest BCUT2D eigenvalue weighted by Gasteiger charge is -2.10. The molecule has 1 fully saturated rings. The third-order valence-corrected chi connectivity index (χ3v) is 2.75. The van der Waals surface area contributed by atoms with Crippen molar-refractivity contribution in [1.82, 2.24) is 4.98 Å². The lowest BCUT2D eigenvalue weighted by Crippen LogP contribution is -2.26. The minimum absolute atomic E-state index is 0.0656. The molecule has 2 N–H and O–H groups in total. The maximum absolute atomic E-state index is 11.7.